The molecule has 0 aliphatic carbocycles. The van der Waals surface area contributed by atoms with Crippen LogP contribution < -0.4 is 10.2 Å². The summed E-state index contributed by atoms with van der Waals surface area (Å²) in [5.74, 6) is 0.568. The lowest BCUT2D eigenvalue weighted by molar-refractivity contribution is -0.128. The van der Waals surface area contributed by atoms with Gasteiger partial charge in [-0.05, 0) is 38.3 Å². The van der Waals surface area contributed by atoms with Crippen molar-refractivity contribution in [3.05, 3.63) is 35.3 Å². The van der Waals surface area contributed by atoms with E-state index in [1.165, 1.54) is 5.56 Å². The van der Waals surface area contributed by atoms with Crippen molar-refractivity contribution in [2.45, 2.75) is 46.1 Å². The summed E-state index contributed by atoms with van der Waals surface area (Å²) in [5.41, 5.74) is 4.29. The summed E-state index contributed by atoms with van der Waals surface area (Å²) in [6, 6.07) is 2.30. The van der Waals surface area contributed by atoms with E-state index in [1.807, 2.05) is 17.2 Å². The van der Waals surface area contributed by atoms with E-state index in [9.17, 15) is 4.79 Å². The molecule has 6 heteroatoms. The summed E-state index contributed by atoms with van der Waals surface area (Å²) < 4.78 is 0. The largest absolute Gasteiger partial charge is 0.386 e. The molecular weight excluding hydrogens is 314 g/mol. The molecule has 1 aromatic heterocycles. The molecule has 0 saturated carbocycles. The summed E-state index contributed by atoms with van der Waals surface area (Å²) in [6.07, 6.45) is 6.47. The van der Waals surface area contributed by atoms with Crippen molar-refractivity contribution in [2.24, 2.45) is 0 Å². The zero-order valence-electron chi connectivity index (χ0n) is 15.3. The van der Waals surface area contributed by atoms with Gasteiger partial charge in [0, 0.05) is 61.8 Å². The van der Waals surface area contributed by atoms with E-state index in [0.29, 0.717) is 25.0 Å². The monoisotopic (exact) mass is 341 g/mol. The van der Waals surface area contributed by atoms with Crippen LogP contribution in [0.3, 0.4) is 0 Å². The Hall–Kier alpha value is -2.37. The van der Waals surface area contributed by atoms with Crippen LogP contribution in [0.15, 0.2) is 29.7 Å². The molecule has 2 aliphatic rings. The molecule has 0 bridgehead atoms. The number of aromatic nitrogens is 1. The molecule has 3 rings (SSSR count). The number of pyridine rings is 1. The number of rotatable bonds is 3. The first-order chi connectivity index (χ1) is 12.0. The van der Waals surface area contributed by atoms with Crippen molar-refractivity contribution in [1.82, 2.24) is 15.2 Å². The van der Waals surface area contributed by atoms with Gasteiger partial charge in [-0.2, -0.15) is 0 Å². The van der Waals surface area contributed by atoms with Crippen LogP contribution in [0.25, 0.3) is 0 Å². The van der Waals surface area contributed by atoms with Crippen LogP contribution in [0, 0.1) is 5.41 Å². The molecule has 0 aromatic carbocycles. The van der Waals surface area contributed by atoms with Crippen LogP contribution in [-0.2, 0) is 11.2 Å². The van der Waals surface area contributed by atoms with Gasteiger partial charge in [-0.3, -0.25) is 15.2 Å². The van der Waals surface area contributed by atoms with Crippen molar-refractivity contribution in [1.29, 1.82) is 5.41 Å². The fraction of sp³-hybridized carbons (Fsp3) is 0.526. The molecule has 1 amide bonds. The first-order valence-electron chi connectivity index (χ1n) is 9.00. The van der Waals surface area contributed by atoms with Gasteiger partial charge >= 0.3 is 0 Å². The maximum atomic E-state index is 11.9. The number of hydrogen-bond acceptors (Lipinski definition) is 4. The van der Waals surface area contributed by atoms with E-state index in [-0.39, 0.29) is 5.91 Å². The quantitative estimate of drug-likeness (QED) is 0.654. The second kappa shape index (κ2) is 7.25. The van der Waals surface area contributed by atoms with Gasteiger partial charge in [-0.15, -0.1) is 0 Å². The minimum Gasteiger partial charge on any atom is -0.386 e. The highest BCUT2D eigenvalue weighted by Gasteiger charge is 2.29. The normalized spacial score (nSPS) is 17.6. The SMILES string of the molecule is CC(=O)N1CCC(NC(C)C)=C(C(=N)N2CCCc3cnccc32)C1. The lowest BCUT2D eigenvalue weighted by Crippen LogP contribution is -2.45. The number of amidine groups is 1. The molecular formula is C19H27N5O. The number of nitrogens with one attached hydrogen (secondary N) is 2. The molecule has 1 aromatic rings. The predicted octanol–water partition coefficient (Wildman–Crippen LogP) is 2.32. The van der Waals surface area contributed by atoms with Gasteiger partial charge in [0.05, 0.1) is 6.54 Å². The summed E-state index contributed by atoms with van der Waals surface area (Å²) >= 11 is 0. The van der Waals surface area contributed by atoms with Crippen LogP contribution >= 0.6 is 0 Å². The van der Waals surface area contributed by atoms with Crippen molar-refractivity contribution in [3.8, 4) is 0 Å². The van der Waals surface area contributed by atoms with Gasteiger partial charge in [-0.1, -0.05) is 0 Å². The predicted molar refractivity (Wildman–Crippen MR) is 99.8 cm³/mol. The fourth-order valence-electron chi connectivity index (χ4n) is 3.58. The molecule has 3 heterocycles. The average Bonchev–Trinajstić information content (AvgIpc) is 2.60. The summed E-state index contributed by atoms with van der Waals surface area (Å²) in [4.78, 5) is 20.0. The highest BCUT2D eigenvalue weighted by Crippen LogP contribution is 2.29. The van der Waals surface area contributed by atoms with Crippen molar-refractivity contribution < 1.29 is 4.79 Å². The van der Waals surface area contributed by atoms with Gasteiger partial charge in [0.25, 0.3) is 0 Å². The Morgan fingerprint density at radius 1 is 1.32 bits per heavy atom. The lowest BCUT2D eigenvalue weighted by atomic mass is 9.99. The lowest BCUT2D eigenvalue weighted by Gasteiger charge is -2.37. The van der Waals surface area contributed by atoms with Crippen LogP contribution in [0.1, 0.15) is 39.2 Å². The first-order valence-corrected chi connectivity index (χ1v) is 9.00. The topological polar surface area (TPSA) is 72.3 Å². The highest BCUT2D eigenvalue weighted by molar-refractivity contribution is 6.09. The molecule has 134 valence electrons. The second-order valence-electron chi connectivity index (χ2n) is 7.05. The molecule has 0 fully saturated rings. The number of aryl methyl sites for hydroxylation is 1. The molecule has 2 N–H and O–H groups in total. The number of fused-ring (bicyclic) bond motifs is 1. The van der Waals surface area contributed by atoms with Gasteiger partial charge in [0.1, 0.15) is 5.84 Å². The molecule has 0 saturated heterocycles. The number of nitrogens with zero attached hydrogens (tertiary/aromatic N) is 3. The Morgan fingerprint density at radius 2 is 2.12 bits per heavy atom. The minimum atomic E-state index is 0.0668. The van der Waals surface area contributed by atoms with E-state index < -0.39 is 0 Å². The van der Waals surface area contributed by atoms with Gasteiger partial charge < -0.3 is 15.1 Å². The Labute approximate surface area is 149 Å². The molecule has 6 nitrogen and oxygen atoms in total. The number of carbonyl (C=O) groups is 1. The highest BCUT2D eigenvalue weighted by atomic mass is 16.2. The molecule has 25 heavy (non-hydrogen) atoms. The minimum absolute atomic E-state index is 0.0668. The molecule has 0 unspecified atom stereocenters. The van der Waals surface area contributed by atoms with Crippen LogP contribution in [0.4, 0.5) is 5.69 Å². The number of hydrogen-bond donors (Lipinski definition) is 2. The van der Waals surface area contributed by atoms with Gasteiger partial charge in [0.2, 0.25) is 5.91 Å². The van der Waals surface area contributed by atoms with Crippen LogP contribution in [0.5, 0.6) is 0 Å². The maximum Gasteiger partial charge on any atom is 0.219 e. The van der Waals surface area contributed by atoms with Crippen LogP contribution in [0.2, 0.25) is 0 Å². The zero-order chi connectivity index (χ0) is 18.0. The number of anilines is 1. The van der Waals surface area contributed by atoms with E-state index in [1.54, 1.807) is 13.1 Å². The fourth-order valence-corrected chi connectivity index (χ4v) is 3.58. The molecule has 0 spiro atoms. The van der Waals surface area contributed by atoms with Crippen molar-refractivity contribution in [2.75, 3.05) is 24.5 Å². The van der Waals surface area contributed by atoms with Gasteiger partial charge in [-0.25, -0.2) is 0 Å². The first kappa shape index (κ1) is 17.5. The van der Waals surface area contributed by atoms with Gasteiger partial charge in [0.15, 0.2) is 0 Å². The van der Waals surface area contributed by atoms with E-state index >= 15 is 0 Å². The smallest absolute Gasteiger partial charge is 0.219 e. The average molecular weight is 341 g/mol. The van der Waals surface area contributed by atoms with Crippen LogP contribution in [-0.4, -0.2) is 47.3 Å². The third-order valence-electron chi connectivity index (χ3n) is 4.81. The standard InChI is InChI=1S/C19H27N5O/c1-13(2)22-17-7-10-23(14(3)25)12-16(17)19(20)24-9-4-5-15-11-21-8-6-18(15)24/h6,8,11,13,20,22H,4-5,7,9-10,12H2,1-3H3. The summed E-state index contributed by atoms with van der Waals surface area (Å²) in [5, 5.41) is 12.4. The van der Waals surface area contributed by atoms with Crippen molar-refractivity contribution in [3.63, 3.8) is 0 Å². The second-order valence-corrected chi connectivity index (χ2v) is 7.05. The Bertz CT molecular complexity index is 710. The Morgan fingerprint density at radius 3 is 2.84 bits per heavy atom. The number of amides is 1. The molecule has 0 atom stereocenters. The maximum absolute atomic E-state index is 11.9. The Kier molecular flexibility index (Phi) is 5.06. The molecule has 0 radical (unpaired) electrons. The zero-order valence-corrected chi connectivity index (χ0v) is 15.3. The Balaban J connectivity index is 1.94. The van der Waals surface area contributed by atoms with E-state index in [4.69, 9.17) is 5.41 Å². The summed E-state index contributed by atoms with van der Waals surface area (Å²) in [7, 11) is 0. The molecule has 2 aliphatic heterocycles. The third kappa shape index (κ3) is 3.67. The van der Waals surface area contributed by atoms with E-state index in [2.05, 4.69) is 29.0 Å². The number of carbonyl (C=O) groups excluding carboxylic acids is 1. The summed E-state index contributed by atoms with van der Waals surface area (Å²) in [6.45, 7) is 7.85. The third-order valence-corrected chi connectivity index (χ3v) is 4.81. The van der Waals surface area contributed by atoms with Crippen molar-refractivity contribution >= 4 is 17.4 Å². The van der Waals surface area contributed by atoms with E-state index in [0.717, 1.165) is 42.8 Å².